The summed E-state index contributed by atoms with van der Waals surface area (Å²) in [5.74, 6) is -2.12. The first-order valence-corrected chi connectivity index (χ1v) is 5.66. The summed E-state index contributed by atoms with van der Waals surface area (Å²) in [6, 6.07) is 8.79. The Hall–Kier alpha value is -3.04. The molecule has 7 nitrogen and oxygen atoms in total. The third-order valence-corrected chi connectivity index (χ3v) is 1.73. The van der Waals surface area contributed by atoms with Crippen LogP contribution < -0.4 is 22.5 Å². The summed E-state index contributed by atoms with van der Waals surface area (Å²) < 4.78 is 35.3. The van der Waals surface area contributed by atoms with E-state index >= 15 is 0 Å². The number of amides is 1. The standard InChI is InChI=1S/C11H10F3N3O.CH5N3/c12-11(13,14)17-10(15)16-9(18)7-6-8-4-2-1-3-5-8;2-1(3)4/h1-7H,(H3,15,16,17,18);(H5,2,3,4). The van der Waals surface area contributed by atoms with Gasteiger partial charge >= 0.3 is 6.30 Å². The van der Waals surface area contributed by atoms with E-state index in [2.05, 4.69) is 16.5 Å². The van der Waals surface area contributed by atoms with Crippen molar-refractivity contribution >= 4 is 23.9 Å². The Kier molecular flexibility index (Phi) is 7.76. The van der Waals surface area contributed by atoms with Gasteiger partial charge in [-0.05, 0) is 11.6 Å². The molecule has 0 atom stereocenters. The van der Waals surface area contributed by atoms with E-state index in [0.717, 1.165) is 11.6 Å². The van der Waals surface area contributed by atoms with Crippen molar-refractivity contribution in [2.75, 3.05) is 0 Å². The van der Waals surface area contributed by atoms with Crippen LogP contribution >= 0.6 is 0 Å². The van der Waals surface area contributed by atoms with Crippen LogP contribution in [-0.4, -0.2) is 24.1 Å². The van der Waals surface area contributed by atoms with Gasteiger partial charge in [-0.15, -0.1) is 13.2 Å². The highest BCUT2D eigenvalue weighted by molar-refractivity contribution is 6.03. The molecular formula is C12H15F3N6O. The maximum atomic E-state index is 11.8. The van der Waals surface area contributed by atoms with E-state index in [9.17, 15) is 18.0 Å². The molecule has 0 aromatic heterocycles. The molecule has 0 aliphatic carbocycles. The zero-order valence-electron chi connectivity index (χ0n) is 11.3. The third-order valence-electron chi connectivity index (χ3n) is 1.73. The minimum Gasteiger partial charge on any atom is -0.370 e. The van der Waals surface area contributed by atoms with Gasteiger partial charge in [-0.25, -0.2) is 0 Å². The number of carbonyl (C=O) groups is 1. The first kappa shape index (κ1) is 19.0. The van der Waals surface area contributed by atoms with Crippen molar-refractivity contribution in [2.45, 2.75) is 6.30 Å². The van der Waals surface area contributed by atoms with Gasteiger partial charge in [0.2, 0.25) is 5.96 Å². The number of carbonyl (C=O) groups excluding carboxylic acids is 1. The monoisotopic (exact) mass is 316 g/mol. The molecule has 0 aliphatic heterocycles. The van der Waals surface area contributed by atoms with E-state index in [4.69, 9.17) is 11.1 Å². The van der Waals surface area contributed by atoms with Crippen LogP contribution in [0.15, 0.2) is 41.4 Å². The molecule has 0 radical (unpaired) electrons. The van der Waals surface area contributed by atoms with Gasteiger partial charge < -0.3 is 17.2 Å². The van der Waals surface area contributed by atoms with E-state index in [0.29, 0.717) is 0 Å². The molecule has 8 N–H and O–H groups in total. The fourth-order valence-electron chi connectivity index (χ4n) is 1.07. The average molecular weight is 316 g/mol. The number of nitrogens with one attached hydrogen (secondary N) is 2. The Morgan fingerprint density at radius 3 is 2.14 bits per heavy atom. The predicted molar refractivity (Wildman–Crippen MR) is 77.4 cm³/mol. The van der Waals surface area contributed by atoms with Gasteiger partial charge in [0.25, 0.3) is 5.91 Å². The quantitative estimate of drug-likeness (QED) is 0.234. The molecule has 1 amide bonds. The number of benzene rings is 1. The van der Waals surface area contributed by atoms with Crippen LogP contribution in [0.3, 0.4) is 0 Å². The number of nitrogens with zero attached hydrogens (tertiary/aromatic N) is 1. The van der Waals surface area contributed by atoms with Crippen molar-refractivity contribution in [3.63, 3.8) is 0 Å². The van der Waals surface area contributed by atoms with E-state index in [1.165, 1.54) is 6.08 Å². The first-order valence-electron chi connectivity index (χ1n) is 5.66. The normalized spacial score (nSPS) is 11.5. The zero-order chi connectivity index (χ0) is 17.2. The summed E-state index contributed by atoms with van der Waals surface area (Å²) in [7, 11) is 0. The fourth-order valence-corrected chi connectivity index (χ4v) is 1.07. The second-order valence-corrected chi connectivity index (χ2v) is 3.65. The number of guanidine groups is 2. The van der Waals surface area contributed by atoms with Crippen molar-refractivity contribution < 1.29 is 18.0 Å². The number of aliphatic imine (C=N–C) groups is 1. The molecule has 0 bridgehead atoms. The van der Waals surface area contributed by atoms with Crippen molar-refractivity contribution in [1.29, 1.82) is 5.41 Å². The third kappa shape index (κ3) is 12.0. The molecule has 0 heterocycles. The van der Waals surface area contributed by atoms with E-state index in [1.807, 2.05) is 0 Å². The lowest BCUT2D eigenvalue weighted by molar-refractivity contribution is -0.120. The van der Waals surface area contributed by atoms with Gasteiger partial charge in [-0.3, -0.25) is 15.5 Å². The van der Waals surface area contributed by atoms with E-state index in [1.54, 1.807) is 35.6 Å². The van der Waals surface area contributed by atoms with Gasteiger partial charge in [-0.1, -0.05) is 30.3 Å². The SMILES string of the molecule is N=C(N)N.NC(=NC(F)(F)F)NC(=O)C=Cc1ccccc1. The number of nitrogens with two attached hydrogens (primary N) is 3. The van der Waals surface area contributed by atoms with Crippen LogP contribution in [0.2, 0.25) is 0 Å². The van der Waals surface area contributed by atoms with Gasteiger partial charge in [-0.2, -0.15) is 4.99 Å². The summed E-state index contributed by atoms with van der Waals surface area (Å²) in [5.41, 5.74) is 14.6. The van der Waals surface area contributed by atoms with Gasteiger partial charge in [0, 0.05) is 6.08 Å². The molecule has 10 heteroatoms. The molecule has 1 aromatic carbocycles. The molecule has 0 saturated heterocycles. The van der Waals surface area contributed by atoms with Crippen molar-refractivity contribution in [3.05, 3.63) is 42.0 Å². The predicted octanol–water partition coefficient (Wildman–Crippen LogP) is 0.489. The van der Waals surface area contributed by atoms with E-state index in [-0.39, 0.29) is 5.96 Å². The lowest BCUT2D eigenvalue weighted by Gasteiger charge is -2.02. The average Bonchev–Trinajstić information content (AvgIpc) is 2.34. The summed E-state index contributed by atoms with van der Waals surface area (Å²) >= 11 is 0. The number of hydrogen-bond donors (Lipinski definition) is 5. The summed E-state index contributed by atoms with van der Waals surface area (Å²) in [6.45, 7) is 0. The number of hydrogen-bond acceptors (Lipinski definition) is 3. The molecule has 1 rings (SSSR count). The molecule has 1 aromatic rings. The number of halogens is 3. The van der Waals surface area contributed by atoms with Crippen LogP contribution in [0.5, 0.6) is 0 Å². The summed E-state index contributed by atoms with van der Waals surface area (Å²) in [4.78, 5) is 13.3. The highest BCUT2D eigenvalue weighted by atomic mass is 19.4. The molecule has 22 heavy (non-hydrogen) atoms. The molecule has 0 spiro atoms. The highest BCUT2D eigenvalue weighted by Crippen LogP contribution is 2.15. The topological polar surface area (TPSA) is 143 Å². The van der Waals surface area contributed by atoms with Crippen molar-refractivity contribution in [1.82, 2.24) is 5.32 Å². The Labute approximate surface area is 124 Å². The maximum absolute atomic E-state index is 11.8. The highest BCUT2D eigenvalue weighted by Gasteiger charge is 2.26. The van der Waals surface area contributed by atoms with Crippen molar-refractivity contribution in [2.24, 2.45) is 22.2 Å². The van der Waals surface area contributed by atoms with Gasteiger partial charge in [0.15, 0.2) is 5.96 Å². The van der Waals surface area contributed by atoms with Crippen LogP contribution in [0.1, 0.15) is 5.56 Å². The zero-order valence-corrected chi connectivity index (χ0v) is 11.3. The fraction of sp³-hybridized carbons (Fsp3) is 0.0833. The maximum Gasteiger partial charge on any atom is 0.506 e. The number of rotatable bonds is 2. The molecule has 0 aliphatic rings. The minimum atomic E-state index is -4.81. The van der Waals surface area contributed by atoms with Crippen LogP contribution in [0, 0.1) is 5.41 Å². The second kappa shape index (κ2) is 9.00. The first-order chi connectivity index (χ1) is 10.1. The Bertz CT molecular complexity index is 550. The van der Waals surface area contributed by atoms with Crippen molar-refractivity contribution in [3.8, 4) is 0 Å². The smallest absolute Gasteiger partial charge is 0.370 e. The number of alkyl halides is 3. The largest absolute Gasteiger partial charge is 0.506 e. The Morgan fingerprint density at radius 2 is 1.68 bits per heavy atom. The lowest BCUT2D eigenvalue weighted by atomic mass is 10.2. The summed E-state index contributed by atoms with van der Waals surface area (Å²) in [6.07, 6.45) is -2.30. The minimum absolute atomic E-state index is 0.333. The molecule has 120 valence electrons. The summed E-state index contributed by atoms with van der Waals surface area (Å²) in [5, 5.41) is 7.84. The van der Waals surface area contributed by atoms with Gasteiger partial charge in [0.05, 0.1) is 0 Å². The van der Waals surface area contributed by atoms with Crippen LogP contribution in [0.4, 0.5) is 13.2 Å². The lowest BCUT2D eigenvalue weighted by Crippen LogP contribution is -2.37. The molecular weight excluding hydrogens is 301 g/mol. The Balaban J connectivity index is 0.000000980. The van der Waals surface area contributed by atoms with E-state index < -0.39 is 18.2 Å². The van der Waals surface area contributed by atoms with Gasteiger partial charge in [0.1, 0.15) is 0 Å². The molecule has 0 saturated carbocycles. The second-order valence-electron chi connectivity index (χ2n) is 3.65. The Morgan fingerprint density at radius 1 is 1.18 bits per heavy atom. The van der Waals surface area contributed by atoms with Crippen LogP contribution in [0.25, 0.3) is 6.08 Å². The van der Waals surface area contributed by atoms with Crippen LogP contribution in [-0.2, 0) is 4.79 Å². The molecule has 0 fully saturated rings. The molecule has 0 unspecified atom stereocenters.